The van der Waals surface area contributed by atoms with Gasteiger partial charge in [-0.3, -0.25) is 19.9 Å². The molecule has 4 rings (SSSR count). The Labute approximate surface area is 202 Å². The number of nitrogens with zero attached hydrogens (tertiary/aromatic N) is 1. The number of ether oxygens (including phenoxy) is 2. The van der Waals surface area contributed by atoms with Crippen molar-refractivity contribution in [3.63, 3.8) is 0 Å². The fourth-order valence-electron chi connectivity index (χ4n) is 4.68. The molecular formula is C25H27N3O7. The molecule has 0 bridgehead atoms. The Bertz CT molecular complexity index is 1220. The van der Waals surface area contributed by atoms with Gasteiger partial charge < -0.3 is 14.6 Å². The number of hydrazine groups is 1. The van der Waals surface area contributed by atoms with Crippen LogP contribution < -0.4 is 16.0 Å². The number of hydrogen-bond donors (Lipinski definition) is 3. The van der Waals surface area contributed by atoms with Crippen molar-refractivity contribution in [1.29, 1.82) is 0 Å². The molecule has 2 aromatic rings. The summed E-state index contributed by atoms with van der Waals surface area (Å²) < 4.78 is 11.4. The van der Waals surface area contributed by atoms with Gasteiger partial charge in [0.05, 0.1) is 5.92 Å². The first kappa shape index (κ1) is 24.2. The summed E-state index contributed by atoms with van der Waals surface area (Å²) in [5, 5.41) is 10.4. The van der Waals surface area contributed by atoms with E-state index < -0.39 is 40.8 Å². The number of nitrogen functional groups attached to an aromatic ring is 1. The summed E-state index contributed by atoms with van der Waals surface area (Å²) in [5.74, 6) is 2.13. The van der Waals surface area contributed by atoms with Crippen molar-refractivity contribution in [2.75, 3.05) is 6.54 Å². The van der Waals surface area contributed by atoms with Crippen LogP contribution in [0.25, 0.3) is 0 Å². The van der Waals surface area contributed by atoms with E-state index in [0.29, 0.717) is 29.0 Å². The molecule has 2 aromatic carbocycles. The number of nitrogens with one attached hydrogen (secondary N) is 1. The number of rotatable bonds is 4. The lowest BCUT2D eigenvalue weighted by molar-refractivity contribution is -0.155. The number of para-hydroxylation sites is 1. The van der Waals surface area contributed by atoms with Crippen LogP contribution in [-0.2, 0) is 14.3 Å². The van der Waals surface area contributed by atoms with Crippen molar-refractivity contribution in [2.45, 2.75) is 50.7 Å². The van der Waals surface area contributed by atoms with Crippen LogP contribution in [0.1, 0.15) is 61.0 Å². The molecular weight excluding hydrogens is 454 g/mol. The molecule has 2 amide bonds. The molecule has 2 aliphatic heterocycles. The van der Waals surface area contributed by atoms with Gasteiger partial charge in [0.2, 0.25) is 5.54 Å². The Morgan fingerprint density at radius 2 is 1.80 bits per heavy atom. The number of carboxylic acids is 1. The van der Waals surface area contributed by atoms with Crippen LogP contribution >= 0.6 is 0 Å². The molecule has 0 unspecified atom stereocenters. The minimum Gasteiger partial charge on any atom is -0.479 e. The minimum absolute atomic E-state index is 0.0558. The Kier molecular flexibility index (Phi) is 6.02. The second-order valence-electron chi connectivity index (χ2n) is 9.56. The second-order valence-corrected chi connectivity index (χ2v) is 9.56. The third kappa shape index (κ3) is 4.10. The van der Waals surface area contributed by atoms with Crippen LogP contribution in [0, 0.1) is 0 Å². The maximum Gasteiger partial charge on any atom is 0.411 e. The lowest BCUT2D eigenvalue weighted by Crippen LogP contribution is -2.60. The van der Waals surface area contributed by atoms with Gasteiger partial charge in [0.25, 0.3) is 5.91 Å². The fraction of sp³-hybridized carbons (Fsp3) is 0.360. The number of benzene rings is 2. The fourth-order valence-corrected chi connectivity index (χ4v) is 4.68. The van der Waals surface area contributed by atoms with Crippen LogP contribution in [-0.4, -0.2) is 51.4 Å². The molecule has 1 fully saturated rings. The summed E-state index contributed by atoms with van der Waals surface area (Å²) >= 11 is 0. The standard InChI is InChI=1S/C25H27N3O7/c1-24(2,3)35-23(33)28-12-6-11-25(28,22(31)32)20(29)19-15-7-4-5-8-17(15)34-18-10-9-14(13-16(18)19)21(30)27-26/h4-5,7-10,13,19H,6,11-12,26H2,1-3H3,(H,27,30)(H,31,32)/t19-,25+/m1/s1. The smallest absolute Gasteiger partial charge is 0.411 e. The quantitative estimate of drug-likeness (QED) is 0.261. The van der Waals surface area contributed by atoms with Crippen LogP contribution in [0.3, 0.4) is 0 Å². The Hall–Kier alpha value is -3.92. The predicted octanol–water partition coefficient (Wildman–Crippen LogP) is 2.95. The van der Waals surface area contributed by atoms with Crippen LogP contribution in [0.4, 0.5) is 4.79 Å². The summed E-state index contributed by atoms with van der Waals surface area (Å²) in [7, 11) is 0. The molecule has 1 saturated heterocycles. The summed E-state index contributed by atoms with van der Waals surface area (Å²) in [6, 6.07) is 11.3. The molecule has 4 N–H and O–H groups in total. The number of likely N-dealkylation sites (tertiary alicyclic amines) is 1. The average Bonchev–Trinajstić information content (AvgIpc) is 3.27. The first-order chi connectivity index (χ1) is 16.5. The molecule has 0 spiro atoms. The lowest BCUT2D eigenvalue weighted by Gasteiger charge is -2.38. The van der Waals surface area contributed by atoms with Crippen LogP contribution in [0.2, 0.25) is 0 Å². The number of carbonyl (C=O) groups excluding carboxylic acids is 3. The molecule has 0 aromatic heterocycles. The number of fused-ring (bicyclic) bond motifs is 2. The number of ketones is 1. The first-order valence-electron chi connectivity index (χ1n) is 11.2. The van der Waals surface area contributed by atoms with E-state index in [4.69, 9.17) is 15.3 Å². The highest BCUT2D eigenvalue weighted by Crippen LogP contribution is 2.48. The topological polar surface area (TPSA) is 148 Å². The Morgan fingerprint density at radius 1 is 1.11 bits per heavy atom. The van der Waals surface area contributed by atoms with E-state index in [1.165, 1.54) is 18.2 Å². The number of aliphatic carboxylic acids is 1. The van der Waals surface area contributed by atoms with E-state index in [0.717, 1.165) is 4.90 Å². The third-order valence-electron chi connectivity index (χ3n) is 6.18. The van der Waals surface area contributed by atoms with Crippen molar-refractivity contribution in [3.05, 3.63) is 59.2 Å². The molecule has 2 aliphatic rings. The molecule has 184 valence electrons. The Balaban J connectivity index is 1.88. The van der Waals surface area contributed by atoms with Crippen molar-refractivity contribution in [1.82, 2.24) is 10.3 Å². The molecule has 10 heteroatoms. The van der Waals surface area contributed by atoms with Gasteiger partial charge in [0.15, 0.2) is 5.78 Å². The van der Waals surface area contributed by atoms with E-state index in [2.05, 4.69) is 0 Å². The molecule has 2 atom stereocenters. The van der Waals surface area contributed by atoms with Gasteiger partial charge in [0.1, 0.15) is 17.1 Å². The van der Waals surface area contributed by atoms with E-state index >= 15 is 0 Å². The lowest BCUT2D eigenvalue weighted by atomic mass is 9.75. The largest absolute Gasteiger partial charge is 0.479 e. The first-order valence-corrected chi connectivity index (χ1v) is 11.2. The SMILES string of the molecule is CC(C)(C)OC(=O)N1CCC[C@@]1(C(=O)O)C(=O)[C@@H]1c2ccccc2Oc2ccc(C(=O)NN)cc21. The van der Waals surface area contributed by atoms with Gasteiger partial charge in [0, 0.05) is 23.2 Å². The summed E-state index contributed by atoms with van der Waals surface area (Å²) in [6.07, 6.45) is -0.634. The molecule has 0 radical (unpaired) electrons. The van der Waals surface area contributed by atoms with Gasteiger partial charge >= 0.3 is 12.1 Å². The van der Waals surface area contributed by atoms with Crippen molar-refractivity contribution < 1.29 is 33.8 Å². The summed E-state index contributed by atoms with van der Waals surface area (Å²) in [5.41, 5.74) is -0.0625. The predicted molar refractivity (Wildman–Crippen MR) is 124 cm³/mol. The van der Waals surface area contributed by atoms with Crippen LogP contribution in [0.5, 0.6) is 11.5 Å². The summed E-state index contributed by atoms with van der Waals surface area (Å²) in [4.78, 5) is 53.3. The van der Waals surface area contributed by atoms with E-state index in [1.54, 1.807) is 45.0 Å². The Morgan fingerprint density at radius 3 is 2.46 bits per heavy atom. The number of hydrogen-bond acceptors (Lipinski definition) is 7. The summed E-state index contributed by atoms with van der Waals surface area (Å²) in [6.45, 7) is 5.06. The number of Topliss-reactive ketones (excluding diaryl/α,β-unsaturated/α-hetero) is 1. The zero-order valence-electron chi connectivity index (χ0n) is 19.7. The van der Waals surface area contributed by atoms with E-state index in [1.807, 2.05) is 5.43 Å². The zero-order chi connectivity index (χ0) is 25.5. The molecule has 0 aliphatic carbocycles. The molecule has 35 heavy (non-hydrogen) atoms. The maximum absolute atomic E-state index is 14.3. The van der Waals surface area contributed by atoms with Crippen molar-refractivity contribution in [3.8, 4) is 11.5 Å². The highest BCUT2D eigenvalue weighted by atomic mass is 16.6. The highest BCUT2D eigenvalue weighted by Gasteiger charge is 2.59. The third-order valence-corrected chi connectivity index (χ3v) is 6.18. The second kappa shape index (κ2) is 8.70. The average molecular weight is 482 g/mol. The molecule has 10 nitrogen and oxygen atoms in total. The van der Waals surface area contributed by atoms with E-state index in [-0.39, 0.29) is 18.5 Å². The normalized spacial score (nSPS) is 20.8. The zero-order valence-corrected chi connectivity index (χ0v) is 19.7. The number of nitrogens with two attached hydrogens (primary N) is 1. The van der Waals surface area contributed by atoms with E-state index in [9.17, 15) is 24.3 Å². The van der Waals surface area contributed by atoms with Crippen molar-refractivity contribution >= 4 is 23.8 Å². The minimum atomic E-state index is -2.15. The van der Waals surface area contributed by atoms with Gasteiger partial charge in [-0.15, -0.1) is 0 Å². The van der Waals surface area contributed by atoms with Gasteiger partial charge in [-0.2, -0.15) is 0 Å². The highest BCUT2D eigenvalue weighted by molar-refractivity contribution is 6.14. The number of amides is 2. The number of carbonyl (C=O) groups is 4. The molecule has 0 saturated carbocycles. The van der Waals surface area contributed by atoms with Gasteiger partial charge in [-0.25, -0.2) is 15.4 Å². The monoisotopic (exact) mass is 481 g/mol. The van der Waals surface area contributed by atoms with Gasteiger partial charge in [-0.05, 0) is 57.9 Å². The van der Waals surface area contributed by atoms with Crippen LogP contribution in [0.15, 0.2) is 42.5 Å². The number of carboxylic acid groups (broad SMARTS) is 1. The molecule has 2 heterocycles. The van der Waals surface area contributed by atoms with Crippen molar-refractivity contribution in [2.24, 2.45) is 5.84 Å². The van der Waals surface area contributed by atoms with Gasteiger partial charge in [-0.1, -0.05) is 18.2 Å². The maximum atomic E-state index is 14.3.